The molecule has 0 aromatic rings. The Morgan fingerprint density at radius 2 is 2.20 bits per heavy atom. The van der Waals surface area contributed by atoms with Gasteiger partial charge in [0, 0.05) is 6.42 Å². The van der Waals surface area contributed by atoms with Crippen molar-refractivity contribution in [2.45, 2.75) is 26.7 Å². The lowest BCUT2D eigenvalue weighted by atomic mass is 10.2. The summed E-state index contributed by atoms with van der Waals surface area (Å²) in [4.78, 5) is 10.0. The predicted octanol–water partition coefficient (Wildman–Crippen LogP) is 2.06. The number of hydrogen-bond acceptors (Lipinski definition) is 1. The number of allylic oxidation sites excluding steroid dienone is 2. The van der Waals surface area contributed by atoms with Gasteiger partial charge in [0.25, 0.3) is 0 Å². The first-order valence-electron chi connectivity index (χ1n) is 3.51. The summed E-state index contributed by atoms with van der Waals surface area (Å²) >= 11 is 0. The highest BCUT2D eigenvalue weighted by atomic mass is 16.4. The molecule has 0 atom stereocenters. The van der Waals surface area contributed by atoms with Gasteiger partial charge in [-0.05, 0) is 12.3 Å². The molecule has 0 radical (unpaired) electrons. The quantitative estimate of drug-likeness (QED) is 0.610. The molecule has 0 aromatic heterocycles. The van der Waals surface area contributed by atoms with E-state index in [1.807, 2.05) is 12.2 Å². The van der Waals surface area contributed by atoms with Gasteiger partial charge >= 0.3 is 5.97 Å². The largest absolute Gasteiger partial charge is 0.481 e. The Hall–Kier alpha value is -0.790. The van der Waals surface area contributed by atoms with E-state index in [9.17, 15) is 4.79 Å². The van der Waals surface area contributed by atoms with E-state index in [1.54, 1.807) is 0 Å². The number of aliphatic carboxylic acids is 1. The molecular formula is C8H14O2. The second kappa shape index (κ2) is 5.03. The van der Waals surface area contributed by atoms with Crippen LogP contribution in [0.2, 0.25) is 0 Å². The first-order chi connectivity index (χ1) is 4.63. The Morgan fingerprint density at radius 1 is 1.60 bits per heavy atom. The van der Waals surface area contributed by atoms with Gasteiger partial charge in [0.15, 0.2) is 0 Å². The lowest BCUT2D eigenvalue weighted by Gasteiger charge is -1.91. The van der Waals surface area contributed by atoms with Crippen molar-refractivity contribution >= 4 is 5.97 Å². The standard InChI is InChI=1S/C8H14O2/c1-7(2)5-3-4-6-8(9)10/h3,5,7H,4,6H2,1-2H3,(H,9,10). The second-order valence-corrected chi connectivity index (χ2v) is 2.60. The van der Waals surface area contributed by atoms with Crippen LogP contribution in [0.3, 0.4) is 0 Å². The molecule has 0 aliphatic carbocycles. The minimum atomic E-state index is -0.728. The van der Waals surface area contributed by atoms with Gasteiger partial charge in [0.1, 0.15) is 0 Å². The van der Waals surface area contributed by atoms with Crippen LogP contribution in [-0.4, -0.2) is 11.1 Å². The van der Waals surface area contributed by atoms with Crippen molar-refractivity contribution in [1.82, 2.24) is 0 Å². The molecule has 0 spiro atoms. The van der Waals surface area contributed by atoms with Gasteiger partial charge in [0.05, 0.1) is 0 Å². The molecule has 0 aliphatic rings. The van der Waals surface area contributed by atoms with Crippen LogP contribution >= 0.6 is 0 Å². The highest BCUT2D eigenvalue weighted by Gasteiger charge is 1.91. The molecule has 2 nitrogen and oxygen atoms in total. The molecule has 0 rings (SSSR count). The van der Waals surface area contributed by atoms with Crippen molar-refractivity contribution in [1.29, 1.82) is 0 Å². The monoisotopic (exact) mass is 142 g/mol. The van der Waals surface area contributed by atoms with Gasteiger partial charge in [0.2, 0.25) is 0 Å². The van der Waals surface area contributed by atoms with Gasteiger partial charge in [-0.15, -0.1) is 0 Å². The van der Waals surface area contributed by atoms with Crippen molar-refractivity contribution in [3.8, 4) is 0 Å². The zero-order chi connectivity index (χ0) is 7.98. The molecule has 0 saturated heterocycles. The van der Waals surface area contributed by atoms with Crippen LogP contribution in [0.4, 0.5) is 0 Å². The highest BCUT2D eigenvalue weighted by Crippen LogP contribution is 1.97. The van der Waals surface area contributed by atoms with Gasteiger partial charge in [-0.1, -0.05) is 26.0 Å². The lowest BCUT2D eigenvalue weighted by Crippen LogP contribution is -1.91. The summed E-state index contributed by atoms with van der Waals surface area (Å²) in [6.45, 7) is 4.13. The van der Waals surface area contributed by atoms with Crippen LogP contribution < -0.4 is 0 Å². The van der Waals surface area contributed by atoms with Crippen molar-refractivity contribution in [2.75, 3.05) is 0 Å². The zero-order valence-electron chi connectivity index (χ0n) is 6.50. The number of hydrogen-bond donors (Lipinski definition) is 1. The van der Waals surface area contributed by atoms with E-state index >= 15 is 0 Å². The van der Waals surface area contributed by atoms with E-state index in [0.29, 0.717) is 12.3 Å². The first-order valence-corrected chi connectivity index (χ1v) is 3.51. The average molecular weight is 142 g/mol. The number of rotatable bonds is 4. The Kier molecular flexibility index (Phi) is 4.63. The van der Waals surface area contributed by atoms with Crippen LogP contribution in [0.25, 0.3) is 0 Å². The molecule has 10 heavy (non-hydrogen) atoms. The smallest absolute Gasteiger partial charge is 0.303 e. The molecule has 0 aromatic carbocycles. The average Bonchev–Trinajstić information content (AvgIpc) is 1.79. The molecule has 58 valence electrons. The SMILES string of the molecule is CC(C)C=CCCC(=O)O. The summed E-state index contributed by atoms with van der Waals surface area (Å²) < 4.78 is 0. The number of carboxylic acid groups (broad SMARTS) is 1. The normalized spacial score (nSPS) is 11.1. The molecule has 0 heterocycles. The molecule has 0 saturated carbocycles. The third-order valence-corrected chi connectivity index (χ3v) is 1.05. The zero-order valence-corrected chi connectivity index (χ0v) is 6.50. The minimum absolute atomic E-state index is 0.239. The molecule has 0 aliphatic heterocycles. The Morgan fingerprint density at radius 3 is 2.60 bits per heavy atom. The van der Waals surface area contributed by atoms with Crippen molar-refractivity contribution in [3.63, 3.8) is 0 Å². The third-order valence-electron chi connectivity index (χ3n) is 1.05. The van der Waals surface area contributed by atoms with E-state index in [-0.39, 0.29) is 6.42 Å². The van der Waals surface area contributed by atoms with Crippen LogP contribution in [0.15, 0.2) is 12.2 Å². The third kappa shape index (κ3) is 7.21. The second-order valence-electron chi connectivity index (χ2n) is 2.60. The molecular weight excluding hydrogens is 128 g/mol. The van der Waals surface area contributed by atoms with E-state index in [2.05, 4.69) is 13.8 Å². The lowest BCUT2D eigenvalue weighted by molar-refractivity contribution is -0.136. The van der Waals surface area contributed by atoms with E-state index in [1.165, 1.54) is 0 Å². The molecule has 0 amide bonds. The van der Waals surface area contributed by atoms with Crippen LogP contribution in [0.1, 0.15) is 26.7 Å². The molecule has 0 bridgehead atoms. The Bertz CT molecular complexity index is 125. The molecule has 2 heteroatoms. The van der Waals surface area contributed by atoms with Crippen LogP contribution in [-0.2, 0) is 4.79 Å². The summed E-state index contributed by atoms with van der Waals surface area (Å²) in [6.07, 6.45) is 4.82. The van der Waals surface area contributed by atoms with Gasteiger partial charge in [-0.2, -0.15) is 0 Å². The van der Waals surface area contributed by atoms with E-state index in [4.69, 9.17) is 5.11 Å². The molecule has 1 N–H and O–H groups in total. The van der Waals surface area contributed by atoms with Gasteiger partial charge in [-0.25, -0.2) is 0 Å². The highest BCUT2D eigenvalue weighted by molar-refractivity contribution is 5.66. The Balaban J connectivity index is 3.27. The van der Waals surface area contributed by atoms with E-state index in [0.717, 1.165) is 0 Å². The maximum Gasteiger partial charge on any atom is 0.303 e. The summed E-state index contributed by atoms with van der Waals surface area (Å²) in [5.41, 5.74) is 0. The summed E-state index contributed by atoms with van der Waals surface area (Å²) in [7, 11) is 0. The van der Waals surface area contributed by atoms with Crippen molar-refractivity contribution < 1.29 is 9.90 Å². The summed E-state index contributed by atoms with van der Waals surface area (Å²) in [5, 5.41) is 8.24. The number of carboxylic acids is 1. The summed E-state index contributed by atoms with van der Waals surface area (Å²) in [6, 6.07) is 0. The summed E-state index contributed by atoms with van der Waals surface area (Å²) in [5.74, 6) is -0.206. The fourth-order valence-electron chi connectivity index (χ4n) is 0.575. The predicted molar refractivity (Wildman–Crippen MR) is 40.8 cm³/mol. The maximum absolute atomic E-state index is 10.0. The minimum Gasteiger partial charge on any atom is -0.481 e. The fraction of sp³-hybridized carbons (Fsp3) is 0.625. The molecule has 0 fully saturated rings. The fourth-order valence-corrected chi connectivity index (χ4v) is 0.575. The topological polar surface area (TPSA) is 37.3 Å². The van der Waals surface area contributed by atoms with Crippen LogP contribution in [0.5, 0.6) is 0 Å². The van der Waals surface area contributed by atoms with Crippen molar-refractivity contribution in [2.24, 2.45) is 5.92 Å². The Labute approximate surface area is 61.6 Å². The first kappa shape index (κ1) is 9.21. The van der Waals surface area contributed by atoms with Crippen LogP contribution in [0, 0.1) is 5.92 Å². The van der Waals surface area contributed by atoms with Crippen molar-refractivity contribution in [3.05, 3.63) is 12.2 Å². The maximum atomic E-state index is 10.0. The molecule has 0 unspecified atom stereocenters. The van der Waals surface area contributed by atoms with Gasteiger partial charge < -0.3 is 5.11 Å². The van der Waals surface area contributed by atoms with Gasteiger partial charge in [-0.3, -0.25) is 4.79 Å². The van der Waals surface area contributed by atoms with E-state index < -0.39 is 5.97 Å². The number of carbonyl (C=O) groups is 1.